The van der Waals surface area contributed by atoms with E-state index < -0.39 is 5.76 Å². The minimum Gasteiger partial charge on any atom is -0.497 e. The van der Waals surface area contributed by atoms with E-state index in [0.29, 0.717) is 11.5 Å². The van der Waals surface area contributed by atoms with Crippen molar-refractivity contribution in [1.82, 2.24) is 4.98 Å². The molecule has 0 aliphatic heterocycles. The van der Waals surface area contributed by atoms with Gasteiger partial charge in [-0.25, -0.2) is 4.79 Å². The molecular weight excluding hydrogens is 194 g/mol. The van der Waals surface area contributed by atoms with Crippen LogP contribution in [0.15, 0.2) is 33.5 Å². The summed E-state index contributed by atoms with van der Waals surface area (Å²) in [4.78, 5) is 13.6. The van der Waals surface area contributed by atoms with Crippen LogP contribution in [0.1, 0.15) is 5.69 Å². The van der Waals surface area contributed by atoms with E-state index in [1.54, 1.807) is 14.0 Å². The van der Waals surface area contributed by atoms with E-state index >= 15 is 0 Å². The van der Waals surface area contributed by atoms with Crippen LogP contribution in [0.2, 0.25) is 0 Å². The summed E-state index contributed by atoms with van der Waals surface area (Å²) in [7, 11) is 1.60. The first-order valence-corrected chi connectivity index (χ1v) is 4.55. The van der Waals surface area contributed by atoms with Gasteiger partial charge in [0.25, 0.3) is 0 Å². The van der Waals surface area contributed by atoms with Gasteiger partial charge in [0, 0.05) is 5.56 Å². The Morgan fingerprint density at radius 1 is 1.40 bits per heavy atom. The van der Waals surface area contributed by atoms with Gasteiger partial charge in [-0.05, 0) is 19.1 Å². The number of hydrogen-bond acceptors (Lipinski definition) is 3. The molecule has 4 heteroatoms. The number of ether oxygens (including phenoxy) is 1. The molecule has 15 heavy (non-hydrogen) atoms. The zero-order valence-electron chi connectivity index (χ0n) is 8.53. The molecule has 0 bridgehead atoms. The Morgan fingerprint density at radius 3 is 2.80 bits per heavy atom. The molecule has 1 N–H and O–H groups in total. The number of hydrogen-bond donors (Lipinski definition) is 1. The third-order valence-corrected chi connectivity index (χ3v) is 2.16. The second-order valence-corrected chi connectivity index (χ2v) is 3.20. The fourth-order valence-corrected chi connectivity index (χ4v) is 1.44. The lowest BCUT2D eigenvalue weighted by Gasteiger charge is -2.01. The second kappa shape index (κ2) is 3.65. The highest BCUT2D eigenvalue weighted by atomic mass is 16.5. The van der Waals surface area contributed by atoms with Gasteiger partial charge in [0.1, 0.15) is 5.75 Å². The third kappa shape index (κ3) is 1.79. The van der Waals surface area contributed by atoms with Gasteiger partial charge in [-0.15, -0.1) is 0 Å². The summed E-state index contributed by atoms with van der Waals surface area (Å²) >= 11 is 0. The monoisotopic (exact) mass is 205 g/mol. The number of nitrogens with one attached hydrogen (secondary N) is 1. The van der Waals surface area contributed by atoms with E-state index in [2.05, 4.69) is 4.98 Å². The average molecular weight is 205 g/mol. The van der Waals surface area contributed by atoms with Crippen LogP contribution in [0, 0.1) is 6.92 Å². The van der Waals surface area contributed by atoms with Crippen LogP contribution >= 0.6 is 0 Å². The zero-order chi connectivity index (χ0) is 10.8. The Bertz CT molecular complexity index is 525. The predicted octanol–water partition coefficient (Wildman–Crippen LogP) is 1.95. The number of H-pyrrole nitrogens is 1. The van der Waals surface area contributed by atoms with Crippen molar-refractivity contribution in [1.29, 1.82) is 0 Å². The van der Waals surface area contributed by atoms with Gasteiger partial charge in [-0.2, -0.15) is 0 Å². The van der Waals surface area contributed by atoms with Crippen molar-refractivity contribution in [3.63, 3.8) is 0 Å². The van der Waals surface area contributed by atoms with Crippen LogP contribution in [0.4, 0.5) is 0 Å². The summed E-state index contributed by atoms with van der Waals surface area (Å²) in [6, 6.07) is 7.37. The van der Waals surface area contributed by atoms with Crippen molar-refractivity contribution in [2.75, 3.05) is 7.11 Å². The number of aromatic nitrogens is 1. The summed E-state index contributed by atoms with van der Waals surface area (Å²) < 4.78 is 10.1. The maximum absolute atomic E-state index is 11.0. The van der Waals surface area contributed by atoms with E-state index in [1.807, 2.05) is 24.3 Å². The van der Waals surface area contributed by atoms with Crippen LogP contribution in [-0.4, -0.2) is 12.1 Å². The van der Waals surface area contributed by atoms with E-state index in [-0.39, 0.29) is 0 Å². The third-order valence-electron chi connectivity index (χ3n) is 2.16. The van der Waals surface area contributed by atoms with Crippen molar-refractivity contribution < 1.29 is 9.15 Å². The van der Waals surface area contributed by atoms with E-state index in [4.69, 9.17) is 9.15 Å². The van der Waals surface area contributed by atoms with Gasteiger partial charge in [0.05, 0.1) is 12.8 Å². The van der Waals surface area contributed by atoms with Crippen molar-refractivity contribution in [3.05, 3.63) is 40.5 Å². The smallest absolute Gasteiger partial charge is 0.417 e. The molecular formula is C11H11NO3. The fraction of sp³-hybridized carbons (Fsp3) is 0.182. The number of methoxy groups -OCH3 is 1. The molecule has 0 saturated heterocycles. The average Bonchev–Trinajstić information content (AvgIpc) is 2.58. The maximum atomic E-state index is 11.0. The Morgan fingerprint density at radius 2 is 2.20 bits per heavy atom. The van der Waals surface area contributed by atoms with E-state index in [0.717, 1.165) is 11.3 Å². The lowest BCUT2D eigenvalue weighted by molar-refractivity contribution is 0.414. The number of aromatic amines is 1. The second-order valence-electron chi connectivity index (χ2n) is 3.20. The molecule has 0 amide bonds. The van der Waals surface area contributed by atoms with Crippen LogP contribution < -0.4 is 10.5 Å². The first-order chi connectivity index (χ1) is 7.20. The minimum absolute atomic E-state index is 0.440. The summed E-state index contributed by atoms with van der Waals surface area (Å²) in [6.45, 7) is 1.79. The Labute approximate surface area is 86.5 Å². The number of oxazole rings is 1. The number of benzene rings is 1. The summed E-state index contributed by atoms with van der Waals surface area (Å²) in [5, 5.41) is 0. The van der Waals surface area contributed by atoms with Gasteiger partial charge in [-0.1, -0.05) is 12.1 Å². The Hall–Kier alpha value is -1.97. The Balaban J connectivity index is 2.53. The van der Waals surface area contributed by atoms with Gasteiger partial charge >= 0.3 is 5.76 Å². The Kier molecular flexibility index (Phi) is 2.33. The largest absolute Gasteiger partial charge is 0.497 e. The standard InChI is InChI=1S/C11H11NO3/c1-7-10(15-11(13)12-7)8-4-3-5-9(6-8)14-2/h3-6H,1-2H3,(H,12,13). The molecule has 0 spiro atoms. The molecule has 1 aromatic heterocycles. The van der Waals surface area contributed by atoms with Gasteiger partial charge in [-0.3, -0.25) is 4.98 Å². The highest BCUT2D eigenvalue weighted by molar-refractivity contribution is 5.61. The predicted molar refractivity (Wildman–Crippen MR) is 56.1 cm³/mol. The zero-order valence-corrected chi connectivity index (χ0v) is 8.53. The molecule has 4 nitrogen and oxygen atoms in total. The van der Waals surface area contributed by atoms with Crippen LogP contribution in [0.3, 0.4) is 0 Å². The van der Waals surface area contributed by atoms with Gasteiger partial charge < -0.3 is 9.15 Å². The maximum Gasteiger partial charge on any atom is 0.417 e. The first-order valence-electron chi connectivity index (χ1n) is 4.55. The topological polar surface area (TPSA) is 55.2 Å². The van der Waals surface area contributed by atoms with Crippen molar-refractivity contribution in [2.24, 2.45) is 0 Å². The summed E-state index contributed by atoms with van der Waals surface area (Å²) in [6.07, 6.45) is 0. The lowest BCUT2D eigenvalue weighted by atomic mass is 10.1. The molecule has 0 saturated carbocycles. The van der Waals surface area contributed by atoms with Gasteiger partial charge in [0.15, 0.2) is 5.76 Å². The fourth-order valence-electron chi connectivity index (χ4n) is 1.44. The quantitative estimate of drug-likeness (QED) is 0.815. The summed E-state index contributed by atoms with van der Waals surface area (Å²) in [5.41, 5.74) is 1.54. The highest BCUT2D eigenvalue weighted by Gasteiger charge is 2.08. The molecule has 2 aromatic rings. The normalized spacial score (nSPS) is 10.3. The van der Waals surface area contributed by atoms with Crippen molar-refractivity contribution in [3.8, 4) is 17.1 Å². The van der Waals surface area contributed by atoms with E-state index in [9.17, 15) is 4.79 Å². The lowest BCUT2D eigenvalue weighted by Crippen LogP contribution is -1.94. The van der Waals surface area contributed by atoms with Crippen LogP contribution in [0.25, 0.3) is 11.3 Å². The molecule has 0 aliphatic rings. The molecule has 0 unspecified atom stereocenters. The molecule has 1 heterocycles. The molecule has 1 aromatic carbocycles. The highest BCUT2D eigenvalue weighted by Crippen LogP contribution is 2.24. The molecule has 0 aliphatic carbocycles. The van der Waals surface area contributed by atoms with Crippen molar-refractivity contribution >= 4 is 0 Å². The molecule has 0 radical (unpaired) electrons. The first kappa shape index (κ1) is 9.58. The molecule has 0 atom stereocenters. The van der Waals surface area contributed by atoms with E-state index in [1.165, 1.54) is 0 Å². The number of aryl methyl sites for hydroxylation is 1. The molecule has 78 valence electrons. The number of rotatable bonds is 2. The van der Waals surface area contributed by atoms with Crippen LogP contribution in [-0.2, 0) is 0 Å². The van der Waals surface area contributed by atoms with Crippen LogP contribution in [0.5, 0.6) is 5.75 Å². The van der Waals surface area contributed by atoms with Gasteiger partial charge in [0.2, 0.25) is 0 Å². The SMILES string of the molecule is COc1cccc(-c2oc(=O)[nH]c2C)c1. The molecule has 0 fully saturated rings. The summed E-state index contributed by atoms with van der Waals surface area (Å²) in [5.74, 6) is 0.847. The molecule has 2 rings (SSSR count). The minimum atomic E-state index is -0.440. The van der Waals surface area contributed by atoms with Crippen molar-refractivity contribution in [2.45, 2.75) is 6.92 Å².